The number of esters is 1. The first kappa shape index (κ1) is 34.6. The number of ether oxygens (including phenoxy) is 4. The molecule has 0 saturated carbocycles. The summed E-state index contributed by atoms with van der Waals surface area (Å²) in [5.41, 5.74) is 6.03. The molecule has 5 atom stereocenters. The number of carbonyl (C=O) groups excluding carboxylic acids is 2. The van der Waals surface area contributed by atoms with Crippen molar-refractivity contribution in [2.75, 3.05) is 27.5 Å². The SMILES string of the molecule is COc1c(C)cc2c(c1C)[C@H]1C3Cc4c(OC(=O)C(F)(F)F)c(C)c5c(c4[C@H](CNC(=O)CCc4ccccc4)N3[C@@H](C#N)[C@H](C2)N1C)OCO5. The van der Waals surface area contributed by atoms with Crippen LogP contribution in [0.2, 0.25) is 0 Å². The van der Waals surface area contributed by atoms with Crippen molar-refractivity contribution in [3.63, 3.8) is 0 Å². The van der Waals surface area contributed by atoms with Gasteiger partial charge in [0.2, 0.25) is 12.7 Å². The summed E-state index contributed by atoms with van der Waals surface area (Å²) in [5.74, 6) is -1.60. The van der Waals surface area contributed by atoms with Crippen LogP contribution < -0.4 is 24.3 Å². The van der Waals surface area contributed by atoms with Crippen molar-refractivity contribution in [1.29, 1.82) is 5.26 Å². The third kappa shape index (κ3) is 5.74. The average molecular weight is 705 g/mol. The van der Waals surface area contributed by atoms with E-state index in [2.05, 4.69) is 27.3 Å². The quantitative estimate of drug-likeness (QED) is 0.258. The van der Waals surface area contributed by atoms with Crippen LogP contribution in [-0.2, 0) is 28.9 Å². The molecule has 2 bridgehead atoms. The number of aryl methyl sites for hydroxylation is 2. The first-order valence-electron chi connectivity index (χ1n) is 17.0. The zero-order chi connectivity index (χ0) is 36.4. The number of hydrogen-bond acceptors (Lipinski definition) is 9. The van der Waals surface area contributed by atoms with Gasteiger partial charge in [0.05, 0.1) is 25.3 Å². The Morgan fingerprint density at radius 2 is 1.75 bits per heavy atom. The number of nitrogens with zero attached hydrogens (tertiary/aromatic N) is 3. The van der Waals surface area contributed by atoms with Gasteiger partial charge in [-0.05, 0) is 74.9 Å². The molecule has 1 fully saturated rings. The summed E-state index contributed by atoms with van der Waals surface area (Å²) in [4.78, 5) is 30.1. The van der Waals surface area contributed by atoms with E-state index in [4.69, 9.17) is 18.9 Å². The van der Waals surface area contributed by atoms with E-state index < -0.39 is 30.3 Å². The van der Waals surface area contributed by atoms with Gasteiger partial charge in [-0.1, -0.05) is 36.4 Å². The van der Waals surface area contributed by atoms with Crippen molar-refractivity contribution in [2.24, 2.45) is 0 Å². The zero-order valence-corrected chi connectivity index (χ0v) is 29.0. The molecule has 0 aromatic heterocycles. The van der Waals surface area contributed by atoms with Gasteiger partial charge in [-0.25, -0.2) is 4.79 Å². The molecule has 268 valence electrons. The second kappa shape index (κ2) is 13.1. The summed E-state index contributed by atoms with van der Waals surface area (Å²) >= 11 is 0. The highest BCUT2D eigenvalue weighted by atomic mass is 19.4. The van der Waals surface area contributed by atoms with Gasteiger partial charge in [-0.2, -0.15) is 18.4 Å². The predicted octanol–water partition coefficient (Wildman–Crippen LogP) is 5.34. The van der Waals surface area contributed by atoms with E-state index in [0.29, 0.717) is 29.7 Å². The number of halogens is 3. The van der Waals surface area contributed by atoms with Gasteiger partial charge in [-0.3, -0.25) is 14.6 Å². The monoisotopic (exact) mass is 704 g/mol. The molecule has 7 rings (SSSR count). The molecule has 0 aliphatic carbocycles. The van der Waals surface area contributed by atoms with Crippen molar-refractivity contribution >= 4 is 11.9 Å². The Morgan fingerprint density at radius 1 is 1.02 bits per heavy atom. The van der Waals surface area contributed by atoms with Crippen molar-refractivity contribution in [3.05, 3.63) is 80.9 Å². The van der Waals surface area contributed by atoms with Gasteiger partial charge in [0.25, 0.3) is 0 Å². The van der Waals surface area contributed by atoms with Gasteiger partial charge in [0, 0.05) is 41.7 Å². The number of methoxy groups -OCH3 is 1. The first-order chi connectivity index (χ1) is 24.3. The summed E-state index contributed by atoms with van der Waals surface area (Å²) in [6, 6.07) is 11.8. The fraction of sp³-hybridized carbons (Fsp3) is 0.447. The normalized spacial score (nSPS) is 23.4. The number of likely N-dealkylation sites (N-methyl/N-ethyl adjacent to an activating group) is 1. The minimum atomic E-state index is -5.25. The number of rotatable bonds is 7. The molecular formula is C38H39F3N4O6. The minimum absolute atomic E-state index is 0.0209. The third-order valence-corrected chi connectivity index (χ3v) is 10.9. The topological polar surface area (TPSA) is 113 Å². The highest BCUT2D eigenvalue weighted by molar-refractivity contribution is 5.80. The molecule has 10 nitrogen and oxygen atoms in total. The maximum atomic E-state index is 13.7. The number of hydrogen-bond donors (Lipinski definition) is 1. The molecule has 1 amide bonds. The molecule has 13 heteroatoms. The Bertz CT molecular complexity index is 1940. The molecule has 4 aliphatic rings. The standard InChI is InChI=1S/C38H39F3N4O6/c1-19-13-23-14-25-27(16-42)45-26(32(44(25)4)30(23)20(2)33(19)48-5)15-24-31(28(45)17-43-29(46)12-11-22-9-7-6-8-10-22)36-35(49-18-50-36)21(3)34(24)51-37(47)38(39,40)41/h6-10,13,25-28,32H,11-12,14-15,17-18H2,1-5H3,(H,43,46)/t25-,26?,27-,28-,32+/m0/s1. The van der Waals surface area contributed by atoms with Crippen LogP contribution in [0.25, 0.3) is 0 Å². The number of alkyl halides is 3. The fourth-order valence-electron chi connectivity index (χ4n) is 8.86. The van der Waals surface area contributed by atoms with E-state index in [9.17, 15) is 28.0 Å². The maximum Gasteiger partial charge on any atom is 0.491 e. The number of fused-ring (bicyclic) bond motifs is 9. The number of piperazine rings is 1. The number of carbonyl (C=O) groups is 2. The Morgan fingerprint density at radius 3 is 2.43 bits per heavy atom. The largest absolute Gasteiger partial charge is 0.496 e. The number of nitrogens with one attached hydrogen (secondary N) is 1. The van der Waals surface area contributed by atoms with Crippen molar-refractivity contribution in [2.45, 2.75) is 82.8 Å². The Kier molecular flexibility index (Phi) is 8.88. The van der Waals surface area contributed by atoms with Gasteiger partial charge in [0.1, 0.15) is 17.5 Å². The van der Waals surface area contributed by atoms with E-state index in [1.807, 2.05) is 51.2 Å². The molecular weight excluding hydrogens is 665 g/mol. The van der Waals surface area contributed by atoms with Gasteiger partial charge in [0.15, 0.2) is 11.5 Å². The summed E-state index contributed by atoms with van der Waals surface area (Å²) in [7, 11) is 3.59. The lowest BCUT2D eigenvalue weighted by Gasteiger charge is -2.60. The molecule has 0 radical (unpaired) electrons. The number of benzene rings is 3. The average Bonchev–Trinajstić information content (AvgIpc) is 3.59. The molecule has 1 N–H and O–H groups in total. The summed E-state index contributed by atoms with van der Waals surface area (Å²) in [6.45, 7) is 5.34. The van der Waals surface area contributed by atoms with Gasteiger partial charge >= 0.3 is 12.1 Å². The minimum Gasteiger partial charge on any atom is -0.496 e. The van der Waals surface area contributed by atoms with Crippen LogP contribution in [0.4, 0.5) is 13.2 Å². The molecule has 51 heavy (non-hydrogen) atoms. The molecule has 1 unspecified atom stereocenters. The van der Waals surface area contributed by atoms with Crippen molar-refractivity contribution < 1.29 is 41.7 Å². The number of amides is 1. The summed E-state index contributed by atoms with van der Waals surface area (Å²) in [5, 5.41) is 13.9. The molecule has 4 aliphatic heterocycles. The summed E-state index contributed by atoms with van der Waals surface area (Å²) < 4.78 is 63.9. The van der Waals surface area contributed by atoms with Crippen LogP contribution in [0.1, 0.15) is 63.0 Å². The fourth-order valence-corrected chi connectivity index (χ4v) is 8.86. The van der Waals surface area contributed by atoms with Crippen LogP contribution in [0, 0.1) is 32.1 Å². The predicted molar refractivity (Wildman–Crippen MR) is 179 cm³/mol. The zero-order valence-electron chi connectivity index (χ0n) is 29.0. The van der Waals surface area contributed by atoms with Crippen LogP contribution in [-0.4, -0.2) is 73.5 Å². The molecule has 3 aromatic carbocycles. The lowest BCUT2D eigenvalue weighted by Crippen LogP contribution is -2.69. The maximum absolute atomic E-state index is 13.7. The first-order valence-corrected chi connectivity index (χ1v) is 17.0. The number of nitriles is 1. The van der Waals surface area contributed by atoms with Crippen molar-refractivity contribution in [1.82, 2.24) is 15.1 Å². The molecule has 0 spiro atoms. The Balaban J connectivity index is 1.38. The summed E-state index contributed by atoms with van der Waals surface area (Å²) in [6.07, 6.45) is -3.83. The Hall–Kier alpha value is -4.80. The van der Waals surface area contributed by atoms with Crippen LogP contribution in [0.15, 0.2) is 36.4 Å². The molecule has 1 saturated heterocycles. The van der Waals surface area contributed by atoms with Gasteiger partial charge < -0.3 is 24.3 Å². The smallest absolute Gasteiger partial charge is 0.491 e. The van der Waals surface area contributed by atoms with E-state index >= 15 is 0 Å². The van der Waals surface area contributed by atoms with E-state index in [1.54, 1.807) is 7.11 Å². The van der Waals surface area contributed by atoms with Crippen LogP contribution in [0.3, 0.4) is 0 Å². The highest BCUT2D eigenvalue weighted by Crippen LogP contribution is 2.57. The second-order valence-electron chi connectivity index (χ2n) is 13.7. The van der Waals surface area contributed by atoms with E-state index in [0.717, 1.165) is 33.6 Å². The molecule has 4 heterocycles. The Labute approximate surface area is 294 Å². The molecule has 3 aromatic rings. The van der Waals surface area contributed by atoms with E-state index in [-0.39, 0.29) is 61.2 Å². The van der Waals surface area contributed by atoms with Crippen molar-refractivity contribution in [3.8, 4) is 29.1 Å². The van der Waals surface area contributed by atoms with E-state index in [1.165, 1.54) is 6.92 Å². The van der Waals surface area contributed by atoms with Crippen LogP contribution in [0.5, 0.6) is 23.0 Å². The highest BCUT2D eigenvalue weighted by Gasteiger charge is 2.57. The van der Waals surface area contributed by atoms with Gasteiger partial charge in [-0.15, -0.1) is 0 Å². The van der Waals surface area contributed by atoms with Crippen LogP contribution >= 0.6 is 0 Å². The second-order valence-corrected chi connectivity index (χ2v) is 13.7. The third-order valence-electron chi connectivity index (χ3n) is 10.9. The lowest BCUT2D eigenvalue weighted by molar-refractivity contribution is -0.189. The lowest BCUT2D eigenvalue weighted by atomic mass is 9.71.